The van der Waals surface area contributed by atoms with Crippen molar-refractivity contribution in [3.05, 3.63) is 0 Å². The zero-order chi connectivity index (χ0) is 14.9. The van der Waals surface area contributed by atoms with E-state index in [1.807, 2.05) is 0 Å². The van der Waals surface area contributed by atoms with Crippen molar-refractivity contribution in [2.45, 2.75) is 110 Å². The van der Waals surface area contributed by atoms with Crippen LogP contribution < -0.4 is 0 Å². The first-order valence-corrected chi connectivity index (χ1v) is 8.99. The van der Waals surface area contributed by atoms with Gasteiger partial charge in [-0.25, -0.2) is 0 Å². The Morgan fingerprint density at radius 3 is 1.14 bits per heavy atom. The van der Waals surface area contributed by atoms with Gasteiger partial charge in [0.15, 0.2) is 0 Å². The Hall–Kier alpha value is 0.535. The zero-order valence-corrected chi connectivity index (χ0v) is 17.0. The summed E-state index contributed by atoms with van der Waals surface area (Å²) in [5.41, 5.74) is 0. The average Bonchev–Trinajstić information content (AvgIpc) is 2.43. The molecule has 0 saturated carbocycles. The monoisotopic (exact) mass is 388 g/mol. The van der Waals surface area contributed by atoms with Crippen LogP contribution in [0.1, 0.15) is 110 Å². The van der Waals surface area contributed by atoms with Crippen LogP contribution in [0.3, 0.4) is 0 Å². The van der Waals surface area contributed by atoms with E-state index in [-0.39, 0.29) is 34.7 Å². The maximum Gasteiger partial charge on any atom is 0.303 e. The predicted molar refractivity (Wildman–Crippen MR) is 87.2 cm³/mol. The van der Waals surface area contributed by atoms with Crippen molar-refractivity contribution in [2.75, 3.05) is 0 Å². The number of carbonyl (C=O) groups is 1. The van der Waals surface area contributed by atoms with Crippen LogP contribution in [0.2, 0.25) is 0 Å². The molecule has 0 amide bonds. The Balaban J connectivity index is -0.00000180. The molecule has 0 bridgehead atoms. The minimum atomic E-state index is -0.653. The van der Waals surface area contributed by atoms with Crippen molar-refractivity contribution in [1.82, 2.24) is 0 Å². The molecule has 0 aliphatic rings. The predicted octanol–water partition coefficient (Wildman–Crippen LogP) is 6.33. The summed E-state index contributed by atoms with van der Waals surface area (Å²) in [6, 6.07) is 0. The first-order chi connectivity index (χ1) is 9.77. The summed E-state index contributed by atoms with van der Waals surface area (Å²) >= 11 is 0. The molecule has 0 aromatic rings. The fourth-order valence-corrected chi connectivity index (χ4v) is 2.65. The van der Waals surface area contributed by atoms with Crippen molar-refractivity contribution < 1.29 is 44.6 Å². The van der Waals surface area contributed by atoms with E-state index in [2.05, 4.69) is 6.92 Å². The summed E-state index contributed by atoms with van der Waals surface area (Å²) in [6.45, 7) is 2.27. The van der Waals surface area contributed by atoms with Gasteiger partial charge in [-0.3, -0.25) is 4.79 Å². The molecule has 0 aliphatic heterocycles. The third-order valence-electron chi connectivity index (χ3n) is 3.99. The molecule has 2 nitrogen and oxygen atoms in total. The second kappa shape index (κ2) is 23.8. The van der Waals surface area contributed by atoms with Gasteiger partial charge >= 0.3 is 5.97 Å². The van der Waals surface area contributed by atoms with Crippen molar-refractivity contribution in [1.29, 1.82) is 0 Å². The fraction of sp³-hybridized carbons (Fsp3) is 0.944. The number of carboxylic acid groups (broad SMARTS) is 1. The number of unbranched alkanes of at least 4 members (excludes halogenated alkanes) is 14. The molecule has 1 N–H and O–H groups in total. The Kier molecular flexibility index (Phi) is 29.6. The van der Waals surface area contributed by atoms with E-state index in [0.29, 0.717) is 6.42 Å². The van der Waals surface area contributed by atoms with Gasteiger partial charge in [-0.1, -0.05) is 96.8 Å². The molecule has 0 unspecified atom stereocenters. The summed E-state index contributed by atoms with van der Waals surface area (Å²) in [5, 5.41) is 8.52. The summed E-state index contributed by atoms with van der Waals surface area (Å²) in [7, 11) is 0. The molecule has 22 heavy (non-hydrogen) atoms. The van der Waals surface area contributed by atoms with Gasteiger partial charge in [0.05, 0.1) is 0 Å². The quantitative estimate of drug-likeness (QED) is 0.314. The number of rotatable bonds is 16. The molecular weight excluding hydrogens is 352 g/mol. The topological polar surface area (TPSA) is 37.3 Å². The van der Waals surface area contributed by atoms with Crippen LogP contribution in [-0.4, -0.2) is 11.1 Å². The first kappa shape index (κ1) is 27.4. The molecule has 0 rings (SSSR count). The normalized spacial score (nSPS) is 9.86. The smallest absolute Gasteiger partial charge is 0.303 e. The van der Waals surface area contributed by atoms with E-state index < -0.39 is 5.97 Å². The third kappa shape index (κ3) is 25.5. The Labute approximate surface area is 160 Å². The summed E-state index contributed by atoms with van der Waals surface area (Å²) in [5.74, 6) is -0.653. The van der Waals surface area contributed by atoms with Crippen molar-refractivity contribution in [3.8, 4) is 0 Å². The van der Waals surface area contributed by atoms with Crippen LogP contribution >= 0.6 is 0 Å². The van der Waals surface area contributed by atoms with Gasteiger partial charge < -0.3 is 5.11 Å². The van der Waals surface area contributed by atoms with Gasteiger partial charge in [0.2, 0.25) is 0 Å². The summed E-state index contributed by atoms with van der Waals surface area (Å²) in [6.07, 6.45) is 20.2. The van der Waals surface area contributed by atoms with Crippen molar-refractivity contribution in [2.24, 2.45) is 0 Å². The van der Waals surface area contributed by atoms with E-state index in [1.165, 1.54) is 83.5 Å². The van der Waals surface area contributed by atoms with Crippen molar-refractivity contribution >= 4 is 5.97 Å². The van der Waals surface area contributed by atoms with Gasteiger partial charge in [-0.15, -0.1) is 0 Å². The van der Waals surface area contributed by atoms with Gasteiger partial charge in [0, 0.05) is 41.1 Å². The maximum atomic E-state index is 10.3. The molecular formula is C18H36Cr2O2. The molecule has 0 heterocycles. The van der Waals surface area contributed by atoms with Crippen LogP contribution in [0.4, 0.5) is 0 Å². The second-order valence-electron chi connectivity index (χ2n) is 6.09. The third-order valence-corrected chi connectivity index (χ3v) is 3.99. The van der Waals surface area contributed by atoms with Gasteiger partial charge in [0.25, 0.3) is 0 Å². The summed E-state index contributed by atoms with van der Waals surface area (Å²) < 4.78 is 0. The minimum absolute atomic E-state index is 0. The number of hydrogen-bond acceptors (Lipinski definition) is 1. The maximum absolute atomic E-state index is 10.3. The minimum Gasteiger partial charge on any atom is -0.481 e. The summed E-state index contributed by atoms with van der Waals surface area (Å²) in [4.78, 5) is 10.3. The molecule has 0 aromatic heterocycles. The van der Waals surface area contributed by atoms with Gasteiger partial charge in [0.1, 0.15) is 0 Å². The Bertz CT molecular complexity index is 211. The number of aliphatic carboxylic acids is 1. The van der Waals surface area contributed by atoms with E-state index in [4.69, 9.17) is 5.11 Å². The van der Waals surface area contributed by atoms with Crippen LogP contribution in [0, 0.1) is 0 Å². The van der Waals surface area contributed by atoms with Gasteiger partial charge in [-0.05, 0) is 6.42 Å². The van der Waals surface area contributed by atoms with E-state index in [9.17, 15) is 4.79 Å². The van der Waals surface area contributed by atoms with E-state index in [1.54, 1.807) is 0 Å². The zero-order valence-electron chi connectivity index (χ0n) is 14.5. The van der Waals surface area contributed by atoms with Crippen LogP contribution in [0.5, 0.6) is 0 Å². The average molecular weight is 388 g/mol. The molecule has 132 valence electrons. The molecule has 0 aliphatic carbocycles. The first-order valence-electron chi connectivity index (χ1n) is 8.99. The molecule has 4 heteroatoms. The van der Waals surface area contributed by atoms with Crippen LogP contribution in [0.15, 0.2) is 0 Å². The second-order valence-corrected chi connectivity index (χ2v) is 6.09. The van der Waals surface area contributed by atoms with Crippen molar-refractivity contribution in [3.63, 3.8) is 0 Å². The molecule has 0 atom stereocenters. The molecule has 0 spiro atoms. The molecule has 0 radical (unpaired) electrons. The van der Waals surface area contributed by atoms with Gasteiger partial charge in [-0.2, -0.15) is 0 Å². The van der Waals surface area contributed by atoms with Crippen LogP contribution in [0.25, 0.3) is 0 Å². The van der Waals surface area contributed by atoms with E-state index >= 15 is 0 Å². The molecule has 0 saturated heterocycles. The molecule has 0 fully saturated rings. The number of carboxylic acids is 1. The van der Waals surface area contributed by atoms with E-state index in [0.717, 1.165) is 12.8 Å². The standard InChI is InChI=1S/C18H36O2.2Cr/c1-2-3-4-5-6-7-8-9-10-11-12-13-14-15-16-17-18(19)20;;/h2-17H2,1H3,(H,19,20);;. The number of hydrogen-bond donors (Lipinski definition) is 1. The fourth-order valence-electron chi connectivity index (χ4n) is 2.65. The molecule has 0 aromatic carbocycles. The largest absolute Gasteiger partial charge is 0.481 e. The SMILES string of the molecule is CCCCCCCCCCCCCCCCCC(=O)O.[Cr].[Cr]. The van der Waals surface area contributed by atoms with Crippen LogP contribution in [-0.2, 0) is 39.5 Å². The Morgan fingerprint density at radius 2 is 0.864 bits per heavy atom. The Morgan fingerprint density at radius 1 is 0.591 bits per heavy atom.